The van der Waals surface area contributed by atoms with Crippen molar-refractivity contribution in [2.45, 2.75) is 26.3 Å². The quantitative estimate of drug-likeness (QED) is 0.903. The van der Waals surface area contributed by atoms with E-state index in [1.54, 1.807) is 0 Å². The van der Waals surface area contributed by atoms with E-state index in [0.29, 0.717) is 6.04 Å². The third kappa shape index (κ3) is 3.51. The van der Waals surface area contributed by atoms with Gasteiger partial charge in [0.1, 0.15) is 0 Å². The minimum atomic E-state index is 0. The SMILES string of the molecule is CCNC(C)c1ccc2c(c1)OCCCO2.Cl. The first kappa shape index (κ1) is 14.1. The predicted octanol–water partition coefficient (Wildman–Crippen LogP) is 2.94. The van der Waals surface area contributed by atoms with Crippen LogP contribution in [0.3, 0.4) is 0 Å². The number of ether oxygens (including phenoxy) is 2. The van der Waals surface area contributed by atoms with Crippen molar-refractivity contribution in [3.63, 3.8) is 0 Å². The van der Waals surface area contributed by atoms with Gasteiger partial charge in [-0.1, -0.05) is 13.0 Å². The Bertz CT molecular complexity index is 357. The third-order valence-electron chi connectivity index (χ3n) is 2.78. The van der Waals surface area contributed by atoms with Crippen LogP contribution >= 0.6 is 12.4 Å². The van der Waals surface area contributed by atoms with Gasteiger partial charge in [0.25, 0.3) is 0 Å². The zero-order chi connectivity index (χ0) is 11.4. The van der Waals surface area contributed by atoms with Crippen molar-refractivity contribution in [3.8, 4) is 11.5 Å². The van der Waals surface area contributed by atoms with Crippen LogP contribution in [-0.4, -0.2) is 19.8 Å². The fourth-order valence-electron chi connectivity index (χ4n) is 1.87. The number of halogens is 1. The zero-order valence-electron chi connectivity index (χ0n) is 10.4. The van der Waals surface area contributed by atoms with E-state index in [0.717, 1.165) is 37.7 Å². The lowest BCUT2D eigenvalue weighted by Gasteiger charge is -2.15. The summed E-state index contributed by atoms with van der Waals surface area (Å²) in [4.78, 5) is 0. The highest BCUT2D eigenvalue weighted by atomic mass is 35.5. The molecule has 2 rings (SSSR count). The maximum absolute atomic E-state index is 5.66. The summed E-state index contributed by atoms with van der Waals surface area (Å²) in [6.45, 7) is 6.72. The predicted molar refractivity (Wildman–Crippen MR) is 71.4 cm³/mol. The molecule has 1 heterocycles. The Morgan fingerprint density at radius 2 is 1.94 bits per heavy atom. The lowest BCUT2D eigenvalue weighted by molar-refractivity contribution is 0.297. The van der Waals surface area contributed by atoms with Crippen LogP contribution in [0, 0.1) is 0 Å². The van der Waals surface area contributed by atoms with Crippen molar-refractivity contribution in [2.24, 2.45) is 0 Å². The number of hydrogen-bond donors (Lipinski definition) is 1. The molecule has 4 heteroatoms. The number of fused-ring (bicyclic) bond motifs is 1. The van der Waals surface area contributed by atoms with E-state index >= 15 is 0 Å². The molecule has 0 saturated carbocycles. The molecule has 0 aliphatic carbocycles. The van der Waals surface area contributed by atoms with E-state index in [4.69, 9.17) is 9.47 Å². The molecule has 1 aromatic carbocycles. The van der Waals surface area contributed by atoms with Crippen molar-refractivity contribution >= 4 is 12.4 Å². The Hall–Kier alpha value is -0.930. The summed E-state index contributed by atoms with van der Waals surface area (Å²) in [5, 5.41) is 3.39. The molecule has 1 aromatic rings. The van der Waals surface area contributed by atoms with Crippen LogP contribution in [0.5, 0.6) is 11.5 Å². The topological polar surface area (TPSA) is 30.5 Å². The van der Waals surface area contributed by atoms with E-state index < -0.39 is 0 Å². The van der Waals surface area contributed by atoms with E-state index in [2.05, 4.69) is 31.3 Å². The highest BCUT2D eigenvalue weighted by Crippen LogP contribution is 2.32. The molecule has 1 unspecified atom stereocenters. The van der Waals surface area contributed by atoms with Crippen LogP contribution in [0.2, 0.25) is 0 Å². The Kier molecular flexibility index (Phi) is 5.59. The maximum Gasteiger partial charge on any atom is 0.161 e. The van der Waals surface area contributed by atoms with Gasteiger partial charge in [0.15, 0.2) is 11.5 Å². The fraction of sp³-hybridized carbons (Fsp3) is 0.538. The van der Waals surface area contributed by atoms with Crippen LogP contribution < -0.4 is 14.8 Å². The third-order valence-corrected chi connectivity index (χ3v) is 2.78. The van der Waals surface area contributed by atoms with Crippen molar-refractivity contribution in [2.75, 3.05) is 19.8 Å². The molecular weight excluding hydrogens is 238 g/mol. The molecule has 3 nitrogen and oxygen atoms in total. The number of nitrogens with one attached hydrogen (secondary N) is 1. The molecule has 1 aliphatic heterocycles. The Morgan fingerprint density at radius 3 is 2.65 bits per heavy atom. The first-order chi connectivity index (χ1) is 7.81. The second kappa shape index (κ2) is 6.72. The van der Waals surface area contributed by atoms with Gasteiger partial charge in [0.05, 0.1) is 13.2 Å². The van der Waals surface area contributed by atoms with Crippen LogP contribution in [-0.2, 0) is 0 Å². The Morgan fingerprint density at radius 1 is 1.24 bits per heavy atom. The number of hydrogen-bond acceptors (Lipinski definition) is 3. The van der Waals surface area contributed by atoms with Gasteiger partial charge < -0.3 is 14.8 Å². The average molecular weight is 258 g/mol. The molecule has 0 aromatic heterocycles. The monoisotopic (exact) mass is 257 g/mol. The molecule has 17 heavy (non-hydrogen) atoms. The first-order valence-electron chi connectivity index (χ1n) is 5.94. The molecule has 0 amide bonds. The molecule has 0 bridgehead atoms. The highest BCUT2D eigenvalue weighted by molar-refractivity contribution is 5.85. The van der Waals surface area contributed by atoms with Crippen molar-refractivity contribution in [1.29, 1.82) is 0 Å². The van der Waals surface area contributed by atoms with Crippen LogP contribution in [0.15, 0.2) is 18.2 Å². The number of rotatable bonds is 3. The summed E-state index contributed by atoms with van der Waals surface area (Å²) in [5.74, 6) is 1.74. The summed E-state index contributed by atoms with van der Waals surface area (Å²) >= 11 is 0. The largest absolute Gasteiger partial charge is 0.490 e. The summed E-state index contributed by atoms with van der Waals surface area (Å²) in [5.41, 5.74) is 1.24. The van der Waals surface area contributed by atoms with Crippen LogP contribution in [0.1, 0.15) is 31.9 Å². The summed E-state index contributed by atoms with van der Waals surface area (Å²) in [7, 11) is 0. The van der Waals surface area contributed by atoms with Gasteiger partial charge in [-0.25, -0.2) is 0 Å². The molecule has 1 aliphatic rings. The van der Waals surface area contributed by atoms with E-state index in [9.17, 15) is 0 Å². The lowest BCUT2D eigenvalue weighted by atomic mass is 10.1. The van der Waals surface area contributed by atoms with Gasteiger partial charge >= 0.3 is 0 Å². The average Bonchev–Trinajstić information content (AvgIpc) is 2.53. The molecule has 0 radical (unpaired) electrons. The van der Waals surface area contributed by atoms with Gasteiger partial charge in [0.2, 0.25) is 0 Å². The van der Waals surface area contributed by atoms with Crippen molar-refractivity contribution in [1.82, 2.24) is 5.32 Å². The molecule has 1 N–H and O–H groups in total. The van der Waals surface area contributed by atoms with Crippen molar-refractivity contribution < 1.29 is 9.47 Å². The first-order valence-corrected chi connectivity index (χ1v) is 5.94. The minimum absolute atomic E-state index is 0. The molecular formula is C13H20ClNO2. The summed E-state index contributed by atoms with van der Waals surface area (Å²) in [6, 6.07) is 6.53. The van der Waals surface area contributed by atoms with Crippen LogP contribution in [0.25, 0.3) is 0 Å². The van der Waals surface area contributed by atoms with E-state index in [1.807, 2.05) is 6.07 Å². The highest BCUT2D eigenvalue weighted by Gasteiger charge is 2.12. The standard InChI is InChI=1S/C13H19NO2.ClH/c1-3-14-10(2)11-5-6-12-13(9-11)16-8-4-7-15-12;/h5-6,9-10,14H,3-4,7-8H2,1-2H3;1H. The zero-order valence-corrected chi connectivity index (χ0v) is 11.2. The van der Waals surface area contributed by atoms with Gasteiger partial charge in [-0.05, 0) is 31.2 Å². The molecule has 1 atom stereocenters. The number of benzene rings is 1. The molecule has 0 spiro atoms. The molecule has 96 valence electrons. The summed E-state index contributed by atoms with van der Waals surface area (Å²) < 4.78 is 11.3. The van der Waals surface area contributed by atoms with Crippen LogP contribution in [0.4, 0.5) is 0 Å². The van der Waals surface area contributed by atoms with Gasteiger partial charge in [-0.3, -0.25) is 0 Å². The summed E-state index contributed by atoms with van der Waals surface area (Å²) in [6.07, 6.45) is 0.951. The van der Waals surface area contributed by atoms with Crippen molar-refractivity contribution in [3.05, 3.63) is 23.8 Å². The normalized spacial score (nSPS) is 15.6. The Balaban J connectivity index is 0.00000144. The van der Waals surface area contributed by atoms with E-state index in [1.165, 1.54) is 5.56 Å². The van der Waals surface area contributed by atoms with Gasteiger partial charge in [0, 0.05) is 12.5 Å². The second-order valence-electron chi connectivity index (χ2n) is 4.04. The minimum Gasteiger partial charge on any atom is -0.490 e. The lowest BCUT2D eigenvalue weighted by Crippen LogP contribution is -2.17. The molecule has 0 saturated heterocycles. The van der Waals surface area contributed by atoms with Gasteiger partial charge in [-0.15, -0.1) is 12.4 Å². The Labute approximate surface area is 109 Å². The fourth-order valence-corrected chi connectivity index (χ4v) is 1.87. The second-order valence-corrected chi connectivity index (χ2v) is 4.04. The molecule has 0 fully saturated rings. The van der Waals surface area contributed by atoms with E-state index in [-0.39, 0.29) is 12.4 Å². The smallest absolute Gasteiger partial charge is 0.161 e. The van der Waals surface area contributed by atoms with Gasteiger partial charge in [-0.2, -0.15) is 0 Å². The maximum atomic E-state index is 5.66.